The summed E-state index contributed by atoms with van der Waals surface area (Å²) in [7, 11) is 1.61. The third kappa shape index (κ3) is 5.18. The number of aromatic nitrogens is 2. The highest BCUT2D eigenvalue weighted by Gasteiger charge is 2.20. The van der Waals surface area contributed by atoms with Crippen LogP contribution in [-0.2, 0) is 4.79 Å². The molecule has 0 fully saturated rings. The smallest absolute Gasteiger partial charge is 0.225 e. The van der Waals surface area contributed by atoms with Crippen molar-refractivity contribution in [1.82, 2.24) is 9.97 Å². The number of rotatable bonds is 7. The molecule has 1 heterocycles. The minimum absolute atomic E-state index is 0.159. The van der Waals surface area contributed by atoms with Crippen LogP contribution in [0.1, 0.15) is 37.6 Å². The van der Waals surface area contributed by atoms with Crippen molar-refractivity contribution in [3.8, 4) is 17.0 Å². The summed E-state index contributed by atoms with van der Waals surface area (Å²) in [6, 6.07) is 16.6. The van der Waals surface area contributed by atoms with E-state index in [4.69, 9.17) is 4.74 Å². The Morgan fingerprint density at radius 1 is 1.10 bits per heavy atom. The van der Waals surface area contributed by atoms with Gasteiger partial charge in [0.2, 0.25) is 5.91 Å². The maximum atomic E-state index is 12.3. The lowest BCUT2D eigenvalue weighted by atomic mass is 10.1. The standard InChI is InChI=1S/C23H25N3O3/c1-15(2)13-20(27)26-23-21(22(28)17-7-5-4-6-8-17)25-19(14-24-23)16-9-11-18(29-3)12-10-16/h4-12,14-15,22,28H,13H2,1-3H3,(H,24,26,27). The first kappa shape index (κ1) is 20.5. The van der Waals surface area contributed by atoms with Gasteiger partial charge in [-0.2, -0.15) is 0 Å². The molecule has 0 radical (unpaired) electrons. The van der Waals surface area contributed by atoms with Crippen LogP contribution in [0.25, 0.3) is 11.3 Å². The minimum Gasteiger partial charge on any atom is -0.497 e. The second-order valence-corrected chi connectivity index (χ2v) is 7.18. The molecule has 150 valence electrons. The van der Waals surface area contributed by atoms with Gasteiger partial charge in [-0.1, -0.05) is 44.2 Å². The van der Waals surface area contributed by atoms with E-state index in [-0.39, 0.29) is 17.6 Å². The van der Waals surface area contributed by atoms with Crippen molar-refractivity contribution >= 4 is 11.7 Å². The third-order valence-corrected chi connectivity index (χ3v) is 4.41. The van der Waals surface area contributed by atoms with Gasteiger partial charge in [0.15, 0.2) is 5.82 Å². The lowest BCUT2D eigenvalue weighted by molar-refractivity contribution is -0.116. The fourth-order valence-electron chi connectivity index (χ4n) is 2.94. The summed E-state index contributed by atoms with van der Waals surface area (Å²) in [5, 5.41) is 13.7. The van der Waals surface area contributed by atoms with Crippen LogP contribution in [0.4, 0.5) is 5.82 Å². The fourth-order valence-corrected chi connectivity index (χ4v) is 2.94. The molecular weight excluding hydrogens is 366 g/mol. The normalized spacial score (nSPS) is 11.9. The molecule has 2 aromatic carbocycles. The highest BCUT2D eigenvalue weighted by Crippen LogP contribution is 2.29. The van der Waals surface area contributed by atoms with Gasteiger partial charge in [0.25, 0.3) is 0 Å². The summed E-state index contributed by atoms with van der Waals surface area (Å²) in [6.45, 7) is 3.94. The zero-order chi connectivity index (χ0) is 20.8. The number of amides is 1. The number of nitrogens with one attached hydrogen (secondary N) is 1. The first-order valence-electron chi connectivity index (χ1n) is 9.52. The van der Waals surface area contributed by atoms with E-state index in [2.05, 4.69) is 15.3 Å². The van der Waals surface area contributed by atoms with Crippen LogP contribution in [0.2, 0.25) is 0 Å². The van der Waals surface area contributed by atoms with Gasteiger partial charge in [0, 0.05) is 12.0 Å². The molecule has 0 aliphatic rings. The van der Waals surface area contributed by atoms with Crippen molar-refractivity contribution in [1.29, 1.82) is 0 Å². The third-order valence-electron chi connectivity index (χ3n) is 4.41. The molecule has 0 aliphatic carbocycles. The Kier molecular flexibility index (Phi) is 6.57. The quantitative estimate of drug-likeness (QED) is 0.630. The molecule has 3 rings (SSSR count). The zero-order valence-corrected chi connectivity index (χ0v) is 16.8. The van der Waals surface area contributed by atoms with E-state index in [0.717, 1.165) is 11.3 Å². The minimum atomic E-state index is -1.02. The van der Waals surface area contributed by atoms with Crippen LogP contribution >= 0.6 is 0 Å². The van der Waals surface area contributed by atoms with Gasteiger partial charge >= 0.3 is 0 Å². The van der Waals surface area contributed by atoms with Gasteiger partial charge in [-0.3, -0.25) is 4.79 Å². The van der Waals surface area contributed by atoms with E-state index >= 15 is 0 Å². The highest BCUT2D eigenvalue weighted by atomic mass is 16.5. The Morgan fingerprint density at radius 2 is 1.79 bits per heavy atom. The number of aliphatic hydroxyl groups excluding tert-OH is 1. The van der Waals surface area contributed by atoms with Crippen molar-refractivity contribution in [2.45, 2.75) is 26.4 Å². The average molecular weight is 391 g/mol. The van der Waals surface area contributed by atoms with Crippen LogP contribution in [0.5, 0.6) is 5.75 Å². The van der Waals surface area contributed by atoms with Crippen LogP contribution in [0, 0.1) is 5.92 Å². The Bertz CT molecular complexity index is 957. The molecule has 0 bridgehead atoms. The molecule has 0 aliphatic heterocycles. The number of aliphatic hydroxyl groups is 1. The second-order valence-electron chi connectivity index (χ2n) is 7.18. The van der Waals surface area contributed by atoms with Crippen molar-refractivity contribution in [3.63, 3.8) is 0 Å². The largest absolute Gasteiger partial charge is 0.497 e. The van der Waals surface area contributed by atoms with E-state index in [1.165, 1.54) is 0 Å². The molecular formula is C23H25N3O3. The second kappa shape index (κ2) is 9.30. The predicted molar refractivity (Wildman–Crippen MR) is 113 cm³/mol. The summed E-state index contributed by atoms with van der Waals surface area (Å²) in [6.07, 6.45) is 0.938. The number of carbonyl (C=O) groups is 1. The summed E-state index contributed by atoms with van der Waals surface area (Å²) in [5.41, 5.74) is 2.41. The maximum Gasteiger partial charge on any atom is 0.225 e. The molecule has 2 N–H and O–H groups in total. The average Bonchev–Trinajstić information content (AvgIpc) is 2.73. The van der Waals surface area contributed by atoms with Crippen molar-refractivity contribution in [3.05, 3.63) is 72.1 Å². The van der Waals surface area contributed by atoms with Crippen molar-refractivity contribution in [2.75, 3.05) is 12.4 Å². The molecule has 29 heavy (non-hydrogen) atoms. The Balaban J connectivity index is 2.00. The fraction of sp³-hybridized carbons (Fsp3) is 0.261. The Hall–Kier alpha value is -3.25. The van der Waals surface area contributed by atoms with E-state index in [1.54, 1.807) is 13.3 Å². The van der Waals surface area contributed by atoms with Gasteiger partial charge in [0.1, 0.15) is 17.5 Å². The van der Waals surface area contributed by atoms with E-state index in [0.29, 0.717) is 23.4 Å². The summed E-state index contributed by atoms with van der Waals surface area (Å²) >= 11 is 0. The molecule has 3 aromatic rings. The zero-order valence-electron chi connectivity index (χ0n) is 16.8. The highest BCUT2D eigenvalue weighted by molar-refractivity contribution is 5.90. The van der Waals surface area contributed by atoms with Gasteiger partial charge in [0.05, 0.1) is 19.0 Å². The van der Waals surface area contributed by atoms with Crippen LogP contribution < -0.4 is 10.1 Å². The number of ether oxygens (including phenoxy) is 1. The van der Waals surface area contributed by atoms with Crippen molar-refractivity contribution in [2.24, 2.45) is 5.92 Å². The van der Waals surface area contributed by atoms with Crippen LogP contribution in [0.15, 0.2) is 60.8 Å². The monoisotopic (exact) mass is 391 g/mol. The van der Waals surface area contributed by atoms with E-state index < -0.39 is 6.10 Å². The van der Waals surface area contributed by atoms with Gasteiger partial charge in [-0.25, -0.2) is 9.97 Å². The summed E-state index contributed by atoms with van der Waals surface area (Å²) < 4.78 is 5.20. The lowest BCUT2D eigenvalue weighted by Crippen LogP contribution is -2.18. The molecule has 1 aromatic heterocycles. The Labute approximate surface area is 170 Å². The number of nitrogens with zero attached hydrogens (tertiary/aromatic N) is 2. The number of hydrogen-bond acceptors (Lipinski definition) is 5. The Morgan fingerprint density at radius 3 is 2.41 bits per heavy atom. The van der Waals surface area contributed by atoms with Gasteiger partial charge in [-0.15, -0.1) is 0 Å². The molecule has 0 saturated carbocycles. The number of methoxy groups -OCH3 is 1. The van der Waals surface area contributed by atoms with Crippen LogP contribution in [-0.4, -0.2) is 28.1 Å². The maximum absolute atomic E-state index is 12.3. The SMILES string of the molecule is COc1ccc(-c2cnc(NC(=O)CC(C)C)c(C(O)c3ccccc3)n2)cc1. The predicted octanol–water partition coefficient (Wildman–Crippen LogP) is 4.22. The van der Waals surface area contributed by atoms with Gasteiger partial charge < -0.3 is 15.2 Å². The van der Waals surface area contributed by atoms with E-state index in [1.807, 2.05) is 68.4 Å². The molecule has 1 unspecified atom stereocenters. The topological polar surface area (TPSA) is 84.3 Å². The van der Waals surface area contributed by atoms with Gasteiger partial charge in [-0.05, 0) is 35.7 Å². The number of hydrogen-bond donors (Lipinski definition) is 2. The molecule has 0 spiro atoms. The molecule has 1 atom stereocenters. The molecule has 1 amide bonds. The molecule has 6 nitrogen and oxygen atoms in total. The number of anilines is 1. The summed E-state index contributed by atoms with van der Waals surface area (Å²) in [5.74, 6) is 1.06. The van der Waals surface area contributed by atoms with Crippen LogP contribution in [0.3, 0.4) is 0 Å². The molecule has 6 heteroatoms. The number of benzene rings is 2. The lowest BCUT2D eigenvalue weighted by Gasteiger charge is -2.16. The van der Waals surface area contributed by atoms with Crippen molar-refractivity contribution < 1.29 is 14.6 Å². The number of carbonyl (C=O) groups excluding carboxylic acids is 1. The first-order valence-corrected chi connectivity index (χ1v) is 9.52. The summed E-state index contributed by atoms with van der Waals surface area (Å²) in [4.78, 5) is 21.3. The molecule has 0 saturated heterocycles. The first-order chi connectivity index (χ1) is 14.0. The van der Waals surface area contributed by atoms with E-state index in [9.17, 15) is 9.90 Å².